The number of pyridine rings is 1. The van der Waals surface area contributed by atoms with Gasteiger partial charge in [0.2, 0.25) is 0 Å². The highest BCUT2D eigenvalue weighted by molar-refractivity contribution is 6.08. The van der Waals surface area contributed by atoms with Gasteiger partial charge >= 0.3 is 6.18 Å². The highest BCUT2D eigenvalue weighted by atomic mass is 19.4. The number of benzene rings is 2. The summed E-state index contributed by atoms with van der Waals surface area (Å²) in [4.78, 5) is 16.5. The summed E-state index contributed by atoms with van der Waals surface area (Å²) in [6.45, 7) is 1.61. The molecule has 0 radical (unpaired) electrons. The van der Waals surface area contributed by atoms with E-state index in [0.717, 1.165) is 18.2 Å². The Morgan fingerprint density at radius 1 is 1.04 bits per heavy atom. The summed E-state index contributed by atoms with van der Waals surface area (Å²) < 4.78 is 52.7. The van der Waals surface area contributed by atoms with Gasteiger partial charge in [0.15, 0.2) is 0 Å². The molecule has 1 heterocycles. The molecule has 3 rings (SSSR count). The number of nitrogens with zero attached hydrogens (tertiary/aromatic N) is 1. The molecule has 0 saturated carbocycles. The normalized spacial score (nSPS) is 11.2. The number of carbonyl (C=O) groups excluding carboxylic acids is 1. The van der Waals surface area contributed by atoms with Gasteiger partial charge < -0.3 is 10.6 Å². The minimum absolute atomic E-state index is 0.000535. The molecule has 1 amide bonds. The molecule has 0 fully saturated rings. The minimum atomic E-state index is -4.58. The van der Waals surface area contributed by atoms with Gasteiger partial charge in [0.05, 0.1) is 28.7 Å². The van der Waals surface area contributed by atoms with E-state index in [2.05, 4.69) is 15.6 Å². The molecule has 0 spiro atoms. The first-order valence-electron chi connectivity index (χ1n) is 8.20. The number of alkyl halides is 3. The third-order valence-corrected chi connectivity index (χ3v) is 3.97. The molecule has 2 N–H and O–H groups in total. The Morgan fingerprint density at radius 3 is 2.46 bits per heavy atom. The van der Waals surface area contributed by atoms with Gasteiger partial charge in [0.25, 0.3) is 5.91 Å². The summed E-state index contributed by atoms with van der Waals surface area (Å²) in [5.41, 5.74) is 0.308. The van der Waals surface area contributed by atoms with Crippen LogP contribution in [-0.4, -0.2) is 10.9 Å². The van der Waals surface area contributed by atoms with E-state index >= 15 is 0 Å². The Hall–Kier alpha value is -3.42. The number of rotatable bonds is 4. The Labute approximate surface area is 158 Å². The van der Waals surface area contributed by atoms with Crippen molar-refractivity contribution in [3.05, 3.63) is 83.4 Å². The number of nitrogens with one attached hydrogen (secondary N) is 2. The van der Waals surface area contributed by atoms with E-state index in [-0.39, 0.29) is 11.3 Å². The second kappa shape index (κ2) is 7.67. The largest absolute Gasteiger partial charge is 0.416 e. The van der Waals surface area contributed by atoms with E-state index in [4.69, 9.17) is 0 Å². The molecule has 8 heteroatoms. The zero-order valence-corrected chi connectivity index (χ0v) is 14.6. The maximum absolute atomic E-state index is 13.3. The van der Waals surface area contributed by atoms with Crippen LogP contribution in [0.25, 0.3) is 0 Å². The topological polar surface area (TPSA) is 54.0 Å². The summed E-state index contributed by atoms with van der Waals surface area (Å²) in [5.74, 6) is -1.08. The number of hydrogen-bond acceptors (Lipinski definition) is 3. The summed E-state index contributed by atoms with van der Waals surface area (Å²) in [5, 5.41) is 5.39. The zero-order valence-electron chi connectivity index (χ0n) is 14.6. The highest BCUT2D eigenvalue weighted by Gasteiger charge is 2.31. The van der Waals surface area contributed by atoms with Gasteiger partial charge in [-0.15, -0.1) is 0 Å². The van der Waals surface area contributed by atoms with Crippen LogP contribution in [0.5, 0.6) is 0 Å². The molecule has 1 aromatic heterocycles. The van der Waals surface area contributed by atoms with Crippen LogP contribution in [0.1, 0.15) is 21.5 Å². The van der Waals surface area contributed by atoms with Crippen LogP contribution in [0, 0.1) is 12.7 Å². The average molecular weight is 389 g/mol. The second-order valence-corrected chi connectivity index (χ2v) is 6.04. The van der Waals surface area contributed by atoms with Crippen LogP contribution in [0.15, 0.2) is 60.9 Å². The molecule has 3 aromatic rings. The van der Waals surface area contributed by atoms with Gasteiger partial charge in [0, 0.05) is 11.9 Å². The maximum atomic E-state index is 13.3. The molecular weight excluding hydrogens is 374 g/mol. The van der Waals surface area contributed by atoms with Crippen LogP contribution in [-0.2, 0) is 6.18 Å². The summed E-state index contributed by atoms with van der Waals surface area (Å²) in [6.07, 6.45) is -1.64. The fourth-order valence-corrected chi connectivity index (χ4v) is 2.57. The third-order valence-electron chi connectivity index (χ3n) is 3.97. The molecule has 144 valence electrons. The van der Waals surface area contributed by atoms with E-state index in [1.165, 1.54) is 30.6 Å². The van der Waals surface area contributed by atoms with Gasteiger partial charge in [0.1, 0.15) is 5.82 Å². The Morgan fingerprint density at radius 2 is 1.82 bits per heavy atom. The molecule has 4 nitrogen and oxygen atoms in total. The van der Waals surface area contributed by atoms with Crippen molar-refractivity contribution >= 4 is 23.0 Å². The number of amides is 1. The van der Waals surface area contributed by atoms with Crippen molar-refractivity contribution in [2.45, 2.75) is 13.1 Å². The van der Waals surface area contributed by atoms with Crippen LogP contribution in [0.4, 0.5) is 34.6 Å². The molecule has 2 aromatic carbocycles. The van der Waals surface area contributed by atoms with Gasteiger partial charge in [-0.2, -0.15) is 13.2 Å². The van der Waals surface area contributed by atoms with E-state index in [9.17, 15) is 22.4 Å². The zero-order chi connectivity index (χ0) is 20.3. The van der Waals surface area contributed by atoms with Crippen LogP contribution >= 0.6 is 0 Å². The Bertz CT molecular complexity index is 1000. The van der Waals surface area contributed by atoms with E-state index in [1.807, 2.05) is 0 Å². The van der Waals surface area contributed by atoms with E-state index < -0.39 is 23.5 Å². The third kappa shape index (κ3) is 4.46. The molecule has 0 atom stereocenters. The van der Waals surface area contributed by atoms with E-state index in [0.29, 0.717) is 16.9 Å². The molecule has 0 aliphatic heterocycles. The maximum Gasteiger partial charge on any atom is 0.416 e. The lowest BCUT2D eigenvalue weighted by atomic mass is 10.1. The first-order valence-corrected chi connectivity index (χ1v) is 8.20. The molecular formula is C20H15F4N3O. The predicted molar refractivity (Wildman–Crippen MR) is 98.1 cm³/mol. The first-order chi connectivity index (χ1) is 13.2. The fraction of sp³-hybridized carbons (Fsp3) is 0.100. The molecule has 0 bridgehead atoms. The van der Waals surface area contributed by atoms with Crippen molar-refractivity contribution in [1.29, 1.82) is 0 Å². The lowest BCUT2D eigenvalue weighted by Gasteiger charge is -2.16. The quantitative estimate of drug-likeness (QED) is 0.576. The molecule has 28 heavy (non-hydrogen) atoms. The van der Waals surface area contributed by atoms with Crippen molar-refractivity contribution in [3.63, 3.8) is 0 Å². The lowest BCUT2D eigenvalue weighted by molar-refractivity contribution is -0.137. The number of aryl methyl sites for hydroxylation is 1. The Balaban J connectivity index is 2.00. The summed E-state index contributed by atoms with van der Waals surface area (Å²) >= 11 is 0. The molecule has 0 aliphatic carbocycles. The van der Waals surface area contributed by atoms with Crippen LogP contribution in [0.2, 0.25) is 0 Å². The minimum Gasteiger partial charge on any atom is -0.355 e. The molecule has 0 aliphatic rings. The Kier molecular flexibility index (Phi) is 5.30. The number of hydrogen-bond donors (Lipinski definition) is 2. The van der Waals surface area contributed by atoms with Crippen LogP contribution in [0.3, 0.4) is 0 Å². The fourth-order valence-electron chi connectivity index (χ4n) is 2.57. The second-order valence-electron chi connectivity index (χ2n) is 6.04. The monoisotopic (exact) mass is 389 g/mol. The number of carbonyl (C=O) groups is 1. The standard InChI is InChI=1S/C20H15F4N3O/c1-12-9-14(21)5-7-17(12)27-18-10-13(20(22,23)24)4-6-16(18)19(28)26-15-3-2-8-25-11-15/h2-11,27H,1H3,(H,26,28). The van der Waals surface area contributed by atoms with E-state index in [1.54, 1.807) is 19.1 Å². The average Bonchev–Trinajstić information content (AvgIpc) is 2.64. The lowest BCUT2D eigenvalue weighted by Crippen LogP contribution is -2.15. The molecule has 0 saturated heterocycles. The number of anilines is 3. The smallest absolute Gasteiger partial charge is 0.355 e. The summed E-state index contributed by atoms with van der Waals surface area (Å²) in [7, 11) is 0. The highest BCUT2D eigenvalue weighted by Crippen LogP contribution is 2.34. The van der Waals surface area contributed by atoms with Crippen molar-refractivity contribution in [2.75, 3.05) is 10.6 Å². The van der Waals surface area contributed by atoms with Gasteiger partial charge in [-0.1, -0.05) is 0 Å². The van der Waals surface area contributed by atoms with Crippen molar-refractivity contribution in [1.82, 2.24) is 4.98 Å². The van der Waals surface area contributed by atoms with Gasteiger partial charge in [-0.05, 0) is 61.0 Å². The van der Waals surface area contributed by atoms with Crippen molar-refractivity contribution < 1.29 is 22.4 Å². The number of aromatic nitrogens is 1. The predicted octanol–water partition coefficient (Wildman–Crippen LogP) is 5.54. The number of halogens is 4. The van der Waals surface area contributed by atoms with Crippen molar-refractivity contribution in [2.24, 2.45) is 0 Å². The SMILES string of the molecule is Cc1cc(F)ccc1Nc1cc(C(F)(F)F)ccc1C(=O)Nc1cccnc1. The van der Waals surface area contributed by atoms with Crippen LogP contribution < -0.4 is 10.6 Å². The summed E-state index contributed by atoms with van der Waals surface area (Å²) in [6, 6.07) is 9.81. The van der Waals surface area contributed by atoms with Gasteiger partial charge in [-0.25, -0.2) is 4.39 Å². The first kappa shape index (κ1) is 19.3. The van der Waals surface area contributed by atoms with Gasteiger partial charge in [-0.3, -0.25) is 9.78 Å². The molecule has 0 unspecified atom stereocenters. The van der Waals surface area contributed by atoms with Crippen molar-refractivity contribution in [3.8, 4) is 0 Å².